The Labute approximate surface area is 278 Å². The van der Waals surface area contributed by atoms with E-state index in [9.17, 15) is 19.2 Å². The number of nitrogens with zero attached hydrogens (tertiary/aromatic N) is 3. The maximum absolute atomic E-state index is 14.3. The van der Waals surface area contributed by atoms with Crippen molar-refractivity contribution < 1.29 is 33.4 Å². The summed E-state index contributed by atoms with van der Waals surface area (Å²) in [6, 6.07) is 12.6. The van der Waals surface area contributed by atoms with E-state index >= 15 is 0 Å². The van der Waals surface area contributed by atoms with Gasteiger partial charge < -0.3 is 34.2 Å². The molecule has 0 aliphatic carbocycles. The van der Waals surface area contributed by atoms with Crippen LogP contribution < -0.4 is 15.0 Å². The number of carbonyl (C=O) groups is 4. The number of ether oxygens (including phenoxy) is 3. The minimum absolute atomic E-state index is 0.137. The predicted molar refractivity (Wildman–Crippen MR) is 180 cm³/mol. The molecular weight excluding hydrogens is 600 g/mol. The summed E-state index contributed by atoms with van der Waals surface area (Å²) in [6.45, 7) is 16.5. The van der Waals surface area contributed by atoms with Crippen LogP contribution in [0.1, 0.15) is 89.2 Å². The molecule has 2 heterocycles. The molecule has 0 aromatic heterocycles. The third-order valence-electron chi connectivity index (χ3n) is 8.23. The molecule has 11 nitrogen and oxygen atoms in total. The van der Waals surface area contributed by atoms with Gasteiger partial charge in [0.05, 0.1) is 11.7 Å². The number of benzene rings is 2. The summed E-state index contributed by atoms with van der Waals surface area (Å²) in [5.41, 5.74) is 0.880. The lowest BCUT2D eigenvalue weighted by Crippen LogP contribution is -2.55. The van der Waals surface area contributed by atoms with Gasteiger partial charge in [0.2, 0.25) is 0 Å². The van der Waals surface area contributed by atoms with Crippen LogP contribution in [0.25, 0.3) is 0 Å². The number of nitrogens with one attached hydrogen (secondary N) is 1. The molecule has 2 aromatic rings. The fourth-order valence-electron chi connectivity index (χ4n) is 6.00. The summed E-state index contributed by atoms with van der Waals surface area (Å²) in [6.07, 6.45) is 1.06. The first-order chi connectivity index (χ1) is 22.1. The highest BCUT2D eigenvalue weighted by Crippen LogP contribution is 2.40. The first kappa shape index (κ1) is 35.6. The summed E-state index contributed by atoms with van der Waals surface area (Å²) in [5, 5.41) is 2.75. The Morgan fingerprint density at radius 1 is 1.13 bits per heavy atom. The summed E-state index contributed by atoms with van der Waals surface area (Å²) in [5.74, 6) is 0.111. The van der Waals surface area contributed by atoms with E-state index < -0.39 is 17.3 Å². The van der Waals surface area contributed by atoms with Crippen molar-refractivity contribution in [1.29, 1.82) is 0 Å². The molecule has 4 amide bonds. The number of likely N-dealkylation sites (tertiary alicyclic amines) is 1. The second-order valence-electron chi connectivity index (χ2n) is 14.1. The maximum atomic E-state index is 14.3. The van der Waals surface area contributed by atoms with Gasteiger partial charge in [0.15, 0.2) is 5.60 Å². The van der Waals surface area contributed by atoms with E-state index in [1.165, 1.54) is 0 Å². The summed E-state index contributed by atoms with van der Waals surface area (Å²) in [7, 11) is 0. The second-order valence-corrected chi connectivity index (χ2v) is 14.1. The molecule has 1 atom stereocenters. The summed E-state index contributed by atoms with van der Waals surface area (Å²) < 4.78 is 17.1. The SMILES string of the molecule is Cc1cc2c(cc1C(=O)N(C(C)C)[C@@H]1CCCN(C(=O)OC(C)(C)C)C1)N(CCCNC(=O)OCc1ccccc1)C(=O)C(C)(C)O2. The van der Waals surface area contributed by atoms with E-state index in [0.717, 1.165) is 24.0 Å². The highest BCUT2D eigenvalue weighted by atomic mass is 16.6. The lowest BCUT2D eigenvalue weighted by atomic mass is 9.97. The van der Waals surface area contributed by atoms with Gasteiger partial charge in [-0.05, 0) is 97.9 Å². The molecule has 11 heteroatoms. The molecule has 256 valence electrons. The van der Waals surface area contributed by atoms with Crippen molar-refractivity contribution in [3.63, 3.8) is 0 Å². The molecule has 2 aromatic carbocycles. The van der Waals surface area contributed by atoms with Crippen LogP contribution in [0.2, 0.25) is 0 Å². The molecule has 2 aliphatic heterocycles. The van der Waals surface area contributed by atoms with Gasteiger partial charge in [0.25, 0.3) is 11.8 Å². The first-order valence-electron chi connectivity index (χ1n) is 16.5. The van der Waals surface area contributed by atoms with Gasteiger partial charge in [-0.2, -0.15) is 0 Å². The van der Waals surface area contributed by atoms with Crippen molar-refractivity contribution >= 4 is 29.7 Å². The number of rotatable bonds is 9. The molecular formula is C36H50N4O7. The molecule has 0 radical (unpaired) electrons. The molecule has 0 saturated carbocycles. The van der Waals surface area contributed by atoms with Gasteiger partial charge in [0.1, 0.15) is 18.0 Å². The Balaban J connectivity index is 1.49. The summed E-state index contributed by atoms with van der Waals surface area (Å²) >= 11 is 0. The standard InChI is InChI=1S/C36H50N4O7/c1-24(2)40(27-16-12-18-38(22-27)34(44)47-35(4,5)6)31(41)28-21-29-30(20-25(28)3)46-36(7,8)32(42)39(29)19-13-17-37-33(43)45-23-26-14-10-9-11-15-26/h9-11,14-15,20-21,24,27H,12-13,16-19,22-23H2,1-8H3,(H,37,43)/t27-/m1/s1. The van der Waals surface area contributed by atoms with E-state index in [4.69, 9.17) is 14.2 Å². The number of aryl methyl sites for hydroxylation is 1. The van der Waals surface area contributed by atoms with Gasteiger partial charge in [-0.1, -0.05) is 30.3 Å². The zero-order chi connectivity index (χ0) is 34.5. The topological polar surface area (TPSA) is 118 Å². The average Bonchev–Trinajstić information content (AvgIpc) is 2.99. The third kappa shape index (κ3) is 8.96. The van der Waals surface area contributed by atoms with Crippen LogP contribution in [0, 0.1) is 6.92 Å². The lowest BCUT2D eigenvalue weighted by molar-refractivity contribution is -0.132. The number of anilines is 1. The van der Waals surface area contributed by atoms with Crippen molar-refractivity contribution in [3.05, 3.63) is 59.2 Å². The van der Waals surface area contributed by atoms with Gasteiger partial charge in [0, 0.05) is 37.8 Å². The van der Waals surface area contributed by atoms with E-state index in [1.807, 2.05) is 82.8 Å². The second kappa shape index (κ2) is 14.6. The van der Waals surface area contributed by atoms with Gasteiger partial charge >= 0.3 is 12.2 Å². The highest BCUT2D eigenvalue weighted by molar-refractivity contribution is 6.05. The van der Waals surface area contributed by atoms with Crippen molar-refractivity contribution in [2.24, 2.45) is 0 Å². The van der Waals surface area contributed by atoms with Crippen molar-refractivity contribution in [2.75, 3.05) is 31.1 Å². The molecule has 0 spiro atoms. The van der Waals surface area contributed by atoms with Crippen molar-refractivity contribution in [2.45, 2.75) is 105 Å². The average molecular weight is 651 g/mol. The number of piperidine rings is 1. The molecule has 0 unspecified atom stereocenters. The van der Waals surface area contributed by atoms with E-state index in [-0.39, 0.29) is 36.6 Å². The van der Waals surface area contributed by atoms with Crippen LogP contribution >= 0.6 is 0 Å². The largest absolute Gasteiger partial charge is 0.476 e. The van der Waals surface area contributed by atoms with Crippen LogP contribution in [-0.2, 0) is 20.9 Å². The van der Waals surface area contributed by atoms with Gasteiger partial charge in [-0.25, -0.2) is 9.59 Å². The van der Waals surface area contributed by atoms with Crippen LogP contribution in [0.5, 0.6) is 5.75 Å². The van der Waals surface area contributed by atoms with Crippen molar-refractivity contribution in [3.8, 4) is 5.75 Å². The van der Waals surface area contributed by atoms with E-state index in [2.05, 4.69) is 5.32 Å². The monoisotopic (exact) mass is 650 g/mol. The molecule has 0 bridgehead atoms. The quantitative estimate of drug-likeness (QED) is 0.328. The molecule has 1 N–H and O–H groups in total. The minimum atomic E-state index is -1.11. The van der Waals surface area contributed by atoms with E-state index in [1.54, 1.807) is 29.7 Å². The smallest absolute Gasteiger partial charge is 0.410 e. The third-order valence-corrected chi connectivity index (χ3v) is 8.23. The maximum Gasteiger partial charge on any atom is 0.410 e. The zero-order valence-corrected chi connectivity index (χ0v) is 29.1. The van der Waals surface area contributed by atoms with E-state index in [0.29, 0.717) is 49.6 Å². The number of amides is 4. The zero-order valence-electron chi connectivity index (χ0n) is 29.1. The van der Waals surface area contributed by atoms with Crippen LogP contribution in [0.15, 0.2) is 42.5 Å². The Morgan fingerprint density at radius 2 is 1.83 bits per heavy atom. The van der Waals surface area contributed by atoms with Crippen LogP contribution in [-0.4, -0.2) is 83.3 Å². The Hall–Kier alpha value is -4.28. The van der Waals surface area contributed by atoms with Crippen molar-refractivity contribution in [1.82, 2.24) is 15.1 Å². The molecule has 1 fully saturated rings. The fraction of sp³-hybridized carbons (Fsp3) is 0.556. The predicted octanol–water partition coefficient (Wildman–Crippen LogP) is 6.07. The number of carbonyl (C=O) groups excluding carboxylic acids is 4. The summed E-state index contributed by atoms with van der Waals surface area (Å²) in [4.78, 5) is 58.2. The van der Waals surface area contributed by atoms with Gasteiger partial charge in [-0.3, -0.25) is 9.59 Å². The number of alkyl carbamates (subject to hydrolysis) is 1. The molecule has 47 heavy (non-hydrogen) atoms. The highest BCUT2D eigenvalue weighted by Gasteiger charge is 2.42. The van der Waals surface area contributed by atoms with Crippen LogP contribution in [0.3, 0.4) is 0 Å². The Bertz CT molecular complexity index is 1450. The number of hydrogen-bond donors (Lipinski definition) is 1. The Kier molecular flexibility index (Phi) is 11.1. The number of fused-ring (bicyclic) bond motifs is 1. The fourth-order valence-corrected chi connectivity index (χ4v) is 6.00. The minimum Gasteiger partial charge on any atom is -0.476 e. The van der Waals surface area contributed by atoms with Crippen LogP contribution in [0.4, 0.5) is 15.3 Å². The molecule has 4 rings (SSSR count). The number of hydrogen-bond acceptors (Lipinski definition) is 7. The van der Waals surface area contributed by atoms with Gasteiger partial charge in [-0.15, -0.1) is 0 Å². The molecule has 2 aliphatic rings. The molecule has 1 saturated heterocycles. The Morgan fingerprint density at radius 3 is 2.49 bits per heavy atom. The first-order valence-corrected chi connectivity index (χ1v) is 16.5. The normalized spacial score (nSPS) is 17.5. The lowest BCUT2D eigenvalue weighted by Gasteiger charge is -2.42.